The van der Waals surface area contributed by atoms with Crippen LogP contribution in [-0.4, -0.2) is 28.8 Å². The third kappa shape index (κ3) is 4.22. The maximum absolute atomic E-state index is 11.7. The van der Waals surface area contributed by atoms with Gasteiger partial charge in [0.15, 0.2) is 0 Å². The Balaban J connectivity index is 1.87. The van der Waals surface area contributed by atoms with Gasteiger partial charge in [0.2, 0.25) is 0 Å². The van der Waals surface area contributed by atoms with E-state index in [4.69, 9.17) is 5.11 Å². The van der Waals surface area contributed by atoms with Crippen LogP contribution in [-0.2, 0) is 6.42 Å². The number of phenols is 1. The molecule has 0 radical (unpaired) electrons. The molecule has 21 heavy (non-hydrogen) atoms. The standard InChI is InChI=1S/C14H14N2O4S/c17-12-2-1-10(7-11(12)13(18)19)16-14(20)15-5-3-9-4-6-21-8-9/h1-2,4,6-8,17H,3,5H2,(H,18,19)(H2,15,16,20). The van der Waals surface area contributed by atoms with Crippen LogP contribution in [0.1, 0.15) is 15.9 Å². The number of aromatic hydroxyl groups is 1. The summed E-state index contributed by atoms with van der Waals surface area (Å²) < 4.78 is 0. The van der Waals surface area contributed by atoms with Gasteiger partial charge in [-0.2, -0.15) is 11.3 Å². The average Bonchev–Trinajstić information content (AvgIpc) is 2.94. The van der Waals surface area contributed by atoms with Crippen molar-refractivity contribution < 1.29 is 19.8 Å². The first-order chi connectivity index (χ1) is 10.1. The predicted octanol–water partition coefficient (Wildman–Crippen LogP) is 2.52. The molecule has 4 N–H and O–H groups in total. The second kappa shape index (κ2) is 6.76. The van der Waals surface area contributed by atoms with Crippen LogP contribution in [0.4, 0.5) is 10.5 Å². The quantitative estimate of drug-likeness (QED) is 0.638. The minimum absolute atomic E-state index is 0.258. The van der Waals surface area contributed by atoms with E-state index in [1.807, 2.05) is 16.8 Å². The van der Waals surface area contributed by atoms with Crippen molar-refractivity contribution in [3.63, 3.8) is 0 Å². The predicted molar refractivity (Wildman–Crippen MR) is 80.1 cm³/mol. The molecule has 0 atom stereocenters. The third-order valence-corrected chi connectivity index (χ3v) is 3.50. The zero-order chi connectivity index (χ0) is 15.2. The van der Waals surface area contributed by atoms with Crippen LogP contribution in [0, 0.1) is 0 Å². The van der Waals surface area contributed by atoms with Crippen molar-refractivity contribution >= 4 is 29.0 Å². The van der Waals surface area contributed by atoms with Gasteiger partial charge in [0, 0.05) is 12.2 Å². The lowest BCUT2D eigenvalue weighted by Crippen LogP contribution is -2.30. The Kier molecular flexibility index (Phi) is 4.78. The number of anilines is 1. The molecule has 0 aliphatic rings. The molecule has 1 heterocycles. The number of benzene rings is 1. The van der Waals surface area contributed by atoms with Gasteiger partial charge in [0.1, 0.15) is 11.3 Å². The number of carbonyl (C=O) groups excluding carboxylic acids is 1. The number of aromatic carboxylic acids is 1. The van der Waals surface area contributed by atoms with Gasteiger partial charge in [-0.15, -0.1) is 0 Å². The van der Waals surface area contributed by atoms with E-state index in [0.29, 0.717) is 12.2 Å². The Morgan fingerprint density at radius 3 is 2.71 bits per heavy atom. The molecule has 2 amide bonds. The summed E-state index contributed by atoms with van der Waals surface area (Å²) in [6, 6.07) is 5.43. The smallest absolute Gasteiger partial charge is 0.339 e. The fourth-order valence-corrected chi connectivity index (χ4v) is 2.42. The number of hydrogen-bond donors (Lipinski definition) is 4. The van der Waals surface area contributed by atoms with Gasteiger partial charge >= 0.3 is 12.0 Å². The van der Waals surface area contributed by atoms with Gasteiger partial charge in [-0.1, -0.05) is 0 Å². The Bertz CT molecular complexity index is 640. The number of carboxylic acids is 1. The molecule has 110 valence electrons. The molecule has 2 aromatic rings. The molecule has 1 aromatic carbocycles. The SMILES string of the molecule is O=C(NCCc1ccsc1)Nc1ccc(O)c(C(=O)O)c1. The van der Waals surface area contributed by atoms with E-state index < -0.39 is 12.0 Å². The second-order valence-corrected chi connectivity index (χ2v) is 5.08. The van der Waals surface area contributed by atoms with Crippen molar-refractivity contribution in [1.29, 1.82) is 0 Å². The lowest BCUT2D eigenvalue weighted by atomic mass is 10.2. The minimum atomic E-state index is -1.26. The van der Waals surface area contributed by atoms with E-state index in [1.165, 1.54) is 18.2 Å². The molecule has 0 saturated carbocycles. The maximum atomic E-state index is 11.7. The number of carboxylic acid groups (broad SMARTS) is 1. The van der Waals surface area contributed by atoms with Crippen LogP contribution in [0.25, 0.3) is 0 Å². The second-order valence-electron chi connectivity index (χ2n) is 4.30. The Morgan fingerprint density at radius 2 is 2.05 bits per heavy atom. The molecule has 0 aliphatic heterocycles. The summed E-state index contributed by atoms with van der Waals surface area (Å²) in [6.07, 6.45) is 0.729. The van der Waals surface area contributed by atoms with E-state index in [2.05, 4.69) is 10.6 Å². The van der Waals surface area contributed by atoms with Crippen molar-refractivity contribution in [2.75, 3.05) is 11.9 Å². The van der Waals surface area contributed by atoms with E-state index in [-0.39, 0.29) is 11.3 Å². The van der Waals surface area contributed by atoms with Crippen LogP contribution < -0.4 is 10.6 Å². The first-order valence-corrected chi connectivity index (χ1v) is 7.13. The summed E-state index contributed by atoms with van der Waals surface area (Å²) in [6.45, 7) is 0.479. The van der Waals surface area contributed by atoms with Crippen LogP contribution in [0.3, 0.4) is 0 Å². The topological polar surface area (TPSA) is 98.7 Å². The van der Waals surface area contributed by atoms with Crippen LogP contribution in [0.15, 0.2) is 35.0 Å². The number of urea groups is 1. The molecule has 2 rings (SSSR count). The van der Waals surface area contributed by atoms with Crippen LogP contribution in [0.2, 0.25) is 0 Å². The third-order valence-electron chi connectivity index (χ3n) is 2.76. The molecule has 0 unspecified atom stereocenters. The summed E-state index contributed by atoms with van der Waals surface area (Å²) >= 11 is 1.60. The monoisotopic (exact) mass is 306 g/mol. The summed E-state index contributed by atoms with van der Waals surface area (Å²) in [5.74, 6) is -1.60. The van der Waals surface area contributed by atoms with E-state index in [9.17, 15) is 14.7 Å². The highest BCUT2D eigenvalue weighted by Gasteiger charge is 2.11. The summed E-state index contributed by atoms with van der Waals surface area (Å²) in [4.78, 5) is 22.6. The highest BCUT2D eigenvalue weighted by atomic mass is 32.1. The van der Waals surface area contributed by atoms with Gasteiger partial charge in [-0.25, -0.2) is 9.59 Å². The van der Waals surface area contributed by atoms with Crippen molar-refractivity contribution in [3.05, 3.63) is 46.2 Å². The minimum Gasteiger partial charge on any atom is -0.507 e. The van der Waals surface area contributed by atoms with Crippen LogP contribution in [0.5, 0.6) is 5.75 Å². The van der Waals surface area contributed by atoms with Gasteiger partial charge < -0.3 is 20.8 Å². The van der Waals surface area contributed by atoms with Crippen molar-refractivity contribution in [2.45, 2.75) is 6.42 Å². The summed E-state index contributed by atoms with van der Waals surface area (Å²) in [5.41, 5.74) is 1.20. The van der Waals surface area contributed by atoms with Crippen molar-refractivity contribution in [2.24, 2.45) is 0 Å². The van der Waals surface area contributed by atoms with Gasteiger partial charge in [-0.3, -0.25) is 0 Å². The van der Waals surface area contributed by atoms with Gasteiger partial charge in [0.05, 0.1) is 0 Å². The van der Waals surface area contributed by atoms with E-state index in [0.717, 1.165) is 12.0 Å². The van der Waals surface area contributed by atoms with Gasteiger partial charge in [-0.05, 0) is 47.0 Å². The van der Waals surface area contributed by atoms with E-state index in [1.54, 1.807) is 11.3 Å². The molecule has 0 aliphatic carbocycles. The molecular weight excluding hydrogens is 292 g/mol. The molecular formula is C14H14N2O4S. The molecule has 0 saturated heterocycles. The number of thiophene rings is 1. The highest BCUT2D eigenvalue weighted by Crippen LogP contribution is 2.21. The maximum Gasteiger partial charge on any atom is 0.339 e. The fourth-order valence-electron chi connectivity index (χ4n) is 1.72. The van der Waals surface area contributed by atoms with Gasteiger partial charge in [0.25, 0.3) is 0 Å². The summed E-state index contributed by atoms with van der Waals surface area (Å²) in [5, 5.41) is 27.4. The first kappa shape index (κ1) is 14.9. The number of carbonyl (C=O) groups is 2. The lowest BCUT2D eigenvalue weighted by molar-refractivity contribution is 0.0693. The Hall–Kier alpha value is -2.54. The Labute approximate surface area is 125 Å². The first-order valence-electron chi connectivity index (χ1n) is 6.18. The zero-order valence-electron chi connectivity index (χ0n) is 11.0. The van der Waals surface area contributed by atoms with Crippen LogP contribution >= 0.6 is 11.3 Å². The number of hydrogen-bond acceptors (Lipinski definition) is 4. The molecule has 0 spiro atoms. The van der Waals surface area contributed by atoms with Crippen molar-refractivity contribution in [3.8, 4) is 5.75 Å². The molecule has 6 nitrogen and oxygen atoms in total. The van der Waals surface area contributed by atoms with Crippen molar-refractivity contribution in [1.82, 2.24) is 5.32 Å². The van der Waals surface area contributed by atoms with E-state index >= 15 is 0 Å². The lowest BCUT2D eigenvalue weighted by Gasteiger charge is -2.08. The Morgan fingerprint density at radius 1 is 1.24 bits per heavy atom. The number of amides is 2. The average molecular weight is 306 g/mol. The number of nitrogens with one attached hydrogen (secondary N) is 2. The fraction of sp³-hybridized carbons (Fsp3) is 0.143. The normalized spacial score (nSPS) is 10.1. The molecule has 0 fully saturated rings. The highest BCUT2D eigenvalue weighted by molar-refractivity contribution is 7.07. The number of rotatable bonds is 5. The summed E-state index contributed by atoms with van der Waals surface area (Å²) in [7, 11) is 0. The molecule has 1 aromatic heterocycles. The zero-order valence-corrected chi connectivity index (χ0v) is 11.8. The largest absolute Gasteiger partial charge is 0.507 e. The molecule has 7 heteroatoms. The molecule has 0 bridgehead atoms.